The van der Waals surface area contributed by atoms with Crippen LogP contribution in [0.4, 0.5) is 0 Å². The molecule has 1 rings (SSSR count). The molecule has 8 nitrogen and oxygen atoms in total. The Balaban J connectivity index is 2.94. The fraction of sp³-hybridized carbons (Fsp3) is 0.667. The van der Waals surface area contributed by atoms with Gasteiger partial charge in [0.05, 0.1) is 0 Å². The van der Waals surface area contributed by atoms with E-state index in [0.29, 0.717) is 13.1 Å². The fourth-order valence-electron chi connectivity index (χ4n) is 1.96. The molecule has 0 aromatic rings. The van der Waals surface area contributed by atoms with E-state index in [9.17, 15) is 19.2 Å². The van der Waals surface area contributed by atoms with Crippen LogP contribution in [-0.4, -0.2) is 59.1 Å². The van der Waals surface area contributed by atoms with Crippen LogP contribution in [0.3, 0.4) is 0 Å². The van der Waals surface area contributed by atoms with Gasteiger partial charge < -0.3 is 19.5 Å². The van der Waals surface area contributed by atoms with Crippen molar-refractivity contribution in [2.24, 2.45) is 0 Å². The van der Waals surface area contributed by atoms with Gasteiger partial charge in [0.25, 0.3) is 5.91 Å². The van der Waals surface area contributed by atoms with Crippen molar-refractivity contribution in [3.05, 3.63) is 0 Å². The Hall–Kier alpha value is -2.12. The molecule has 1 heterocycles. The summed E-state index contributed by atoms with van der Waals surface area (Å²) in [4.78, 5) is 46.7. The van der Waals surface area contributed by atoms with Gasteiger partial charge in [-0.25, -0.2) is 4.79 Å². The summed E-state index contributed by atoms with van der Waals surface area (Å²) < 4.78 is 9.35. The number of carboxylic acids is 1. The molecule has 8 heteroatoms. The predicted molar refractivity (Wildman–Crippen MR) is 64.6 cm³/mol. The molecule has 2 atom stereocenters. The van der Waals surface area contributed by atoms with Gasteiger partial charge in [-0.15, -0.1) is 0 Å². The third-order valence-electron chi connectivity index (χ3n) is 2.77. The van der Waals surface area contributed by atoms with Gasteiger partial charge in [0.15, 0.2) is 0 Å². The van der Waals surface area contributed by atoms with Crippen LogP contribution in [0.2, 0.25) is 0 Å². The summed E-state index contributed by atoms with van der Waals surface area (Å²) in [6, 6.07) is 0. The van der Waals surface area contributed by atoms with Gasteiger partial charge in [0, 0.05) is 26.9 Å². The highest BCUT2D eigenvalue weighted by molar-refractivity contribution is 5.91. The molecule has 1 fully saturated rings. The first-order chi connectivity index (χ1) is 9.32. The van der Waals surface area contributed by atoms with E-state index in [-0.39, 0.29) is 0 Å². The second kappa shape index (κ2) is 6.88. The van der Waals surface area contributed by atoms with Crippen LogP contribution in [0.15, 0.2) is 0 Å². The van der Waals surface area contributed by atoms with Crippen molar-refractivity contribution in [3.8, 4) is 0 Å². The van der Waals surface area contributed by atoms with Crippen molar-refractivity contribution >= 4 is 23.8 Å². The number of nitrogens with zero attached hydrogens (tertiary/aromatic N) is 1. The molecule has 2 unspecified atom stereocenters. The topological polar surface area (TPSA) is 110 Å². The minimum atomic E-state index is -1.84. The second-order valence-corrected chi connectivity index (χ2v) is 4.43. The summed E-state index contributed by atoms with van der Waals surface area (Å²) in [5.74, 6) is -3.89. The van der Waals surface area contributed by atoms with E-state index in [1.165, 1.54) is 4.90 Å². The average Bonchev–Trinajstić information content (AvgIpc) is 2.85. The molecule has 1 aliphatic heterocycles. The van der Waals surface area contributed by atoms with Crippen LogP contribution in [0.1, 0.15) is 26.7 Å². The van der Waals surface area contributed by atoms with E-state index in [1.807, 2.05) is 0 Å². The van der Waals surface area contributed by atoms with Gasteiger partial charge in [-0.3, -0.25) is 14.4 Å². The lowest BCUT2D eigenvalue weighted by atomic mass is 10.1. The molecule has 0 aliphatic carbocycles. The van der Waals surface area contributed by atoms with Gasteiger partial charge in [-0.1, -0.05) is 0 Å². The Kier molecular flexibility index (Phi) is 5.48. The Morgan fingerprint density at radius 2 is 1.40 bits per heavy atom. The van der Waals surface area contributed by atoms with Crippen LogP contribution in [0, 0.1) is 0 Å². The molecule has 1 N–H and O–H groups in total. The number of hydrogen-bond acceptors (Lipinski definition) is 6. The number of rotatable bonds is 5. The van der Waals surface area contributed by atoms with Crippen molar-refractivity contribution in [2.75, 3.05) is 13.1 Å². The number of carboxylic acid groups (broad SMARTS) is 1. The van der Waals surface area contributed by atoms with Crippen LogP contribution >= 0.6 is 0 Å². The Morgan fingerprint density at radius 3 is 1.80 bits per heavy atom. The number of aliphatic carboxylic acids is 1. The van der Waals surface area contributed by atoms with Crippen molar-refractivity contribution < 1.29 is 33.8 Å². The molecular formula is C12H17NO7. The first-order valence-corrected chi connectivity index (χ1v) is 6.19. The normalized spacial score (nSPS) is 17.2. The summed E-state index contributed by atoms with van der Waals surface area (Å²) in [7, 11) is 0. The Labute approximate surface area is 115 Å². The number of amides is 1. The van der Waals surface area contributed by atoms with E-state index in [1.54, 1.807) is 0 Å². The number of carbonyl (C=O) groups excluding carboxylic acids is 3. The summed E-state index contributed by atoms with van der Waals surface area (Å²) in [5, 5.41) is 9.06. The standard InChI is InChI=1S/C12H17NO7/c1-7(14)19-9(10(12(17)18)20-8(2)15)11(16)13-5-3-4-6-13/h9-10H,3-6H2,1-2H3,(H,17,18). The lowest BCUT2D eigenvalue weighted by molar-refractivity contribution is -0.183. The molecule has 1 amide bonds. The van der Waals surface area contributed by atoms with Crippen molar-refractivity contribution in [2.45, 2.75) is 38.9 Å². The lowest BCUT2D eigenvalue weighted by Gasteiger charge is -2.26. The highest BCUT2D eigenvalue weighted by Gasteiger charge is 2.42. The SMILES string of the molecule is CC(=O)OC(C(=O)O)C(OC(C)=O)C(=O)N1CCCC1. The van der Waals surface area contributed by atoms with E-state index in [4.69, 9.17) is 9.84 Å². The maximum atomic E-state index is 12.2. The quantitative estimate of drug-likeness (QED) is 0.682. The first kappa shape index (κ1) is 15.9. The van der Waals surface area contributed by atoms with Crippen LogP contribution < -0.4 is 0 Å². The molecule has 0 aromatic heterocycles. The maximum absolute atomic E-state index is 12.2. The van der Waals surface area contributed by atoms with Gasteiger partial charge in [-0.05, 0) is 12.8 Å². The monoisotopic (exact) mass is 287 g/mol. The predicted octanol–water partition coefficient (Wildman–Crippen LogP) is -0.443. The van der Waals surface area contributed by atoms with Crippen molar-refractivity contribution in [3.63, 3.8) is 0 Å². The third-order valence-corrected chi connectivity index (χ3v) is 2.77. The highest BCUT2D eigenvalue weighted by atomic mass is 16.6. The molecular weight excluding hydrogens is 270 g/mol. The molecule has 0 saturated carbocycles. The van der Waals surface area contributed by atoms with Crippen molar-refractivity contribution in [1.29, 1.82) is 0 Å². The first-order valence-electron chi connectivity index (χ1n) is 6.19. The zero-order valence-electron chi connectivity index (χ0n) is 11.3. The molecule has 112 valence electrons. The zero-order valence-corrected chi connectivity index (χ0v) is 11.3. The number of carbonyl (C=O) groups is 4. The molecule has 0 radical (unpaired) electrons. The van der Waals surface area contributed by atoms with E-state index in [2.05, 4.69) is 4.74 Å². The Morgan fingerprint density at radius 1 is 0.950 bits per heavy atom. The number of ether oxygens (including phenoxy) is 2. The number of likely N-dealkylation sites (tertiary alicyclic amines) is 1. The largest absolute Gasteiger partial charge is 0.478 e. The number of esters is 2. The van der Waals surface area contributed by atoms with Gasteiger partial charge in [0.1, 0.15) is 0 Å². The number of hydrogen-bond donors (Lipinski definition) is 1. The molecule has 1 aliphatic rings. The van der Waals surface area contributed by atoms with Crippen LogP contribution in [0.5, 0.6) is 0 Å². The van der Waals surface area contributed by atoms with Crippen LogP contribution in [-0.2, 0) is 28.7 Å². The third kappa shape index (κ3) is 4.22. The zero-order chi connectivity index (χ0) is 15.3. The summed E-state index contributed by atoms with van der Waals surface area (Å²) in [6.07, 6.45) is -1.91. The Bertz CT molecular complexity index is 414. The van der Waals surface area contributed by atoms with Crippen LogP contribution in [0.25, 0.3) is 0 Å². The van der Waals surface area contributed by atoms with Gasteiger partial charge in [-0.2, -0.15) is 0 Å². The van der Waals surface area contributed by atoms with Gasteiger partial charge >= 0.3 is 17.9 Å². The minimum Gasteiger partial charge on any atom is -0.478 e. The summed E-state index contributed by atoms with van der Waals surface area (Å²) >= 11 is 0. The van der Waals surface area contributed by atoms with E-state index in [0.717, 1.165) is 26.7 Å². The smallest absolute Gasteiger partial charge is 0.349 e. The average molecular weight is 287 g/mol. The molecule has 20 heavy (non-hydrogen) atoms. The maximum Gasteiger partial charge on any atom is 0.349 e. The highest BCUT2D eigenvalue weighted by Crippen LogP contribution is 2.15. The lowest BCUT2D eigenvalue weighted by Crippen LogP contribution is -2.50. The molecule has 1 saturated heterocycles. The summed E-state index contributed by atoms with van der Waals surface area (Å²) in [5.41, 5.74) is 0. The van der Waals surface area contributed by atoms with Gasteiger partial charge in [0.2, 0.25) is 12.2 Å². The van der Waals surface area contributed by atoms with Crippen molar-refractivity contribution in [1.82, 2.24) is 4.90 Å². The second-order valence-electron chi connectivity index (χ2n) is 4.43. The minimum absolute atomic E-state index is 0.461. The molecule has 0 spiro atoms. The summed E-state index contributed by atoms with van der Waals surface area (Å²) in [6.45, 7) is 2.99. The van der Waals surface area contributed by atoms with E-state index < -0.39 is 36.0 Å². The molecule has 0 bridgehead atoms. The fourth-order valence-corrected chi connectivity index (χ4v) is 1.96. The molecule has 0 aromatic carbocycles. The van der Waals surface area contributed by atoms with E-state index >= 15 is 0 Å².